The van der Waals surface area contributed by atoms with Crippen molar-refractivity contribution in [2.24, 2.45) is 0 Å². The van der Waals surface area contributed by atoms with Crippen LogP contribution in [0.15, 0.2) is 34.8 Å². The lowest BCUT2D eigenvalue weighted by Crippen LogP contribution is -2.02. The topological polar surface area (TPSA) is 62.2 Å². The molecule has 0 aliphatic rings. The van der Waals surface area contributed by atoms with Crippen molar-refractivity contribution >= 4 is 45.0 Å². The maximum Gasteiger partial charge on any atom is 0.335 e. The maximum atomic E-state index is 11.0. The van der Waals surface area contributed by atoms with E-state index >= 15 is 0 Å². The molecule has 4 nitrogen and oxygen atoms in total. The summed E-state index contributed by atoms with van der Waals surface area (Å²) in [5, 5.41) is 12.3. The Kier molecular flexibility index (Phi) is 4.62. The van der Waals surface area contributed by atoms with E-state index in [1.807, 2.05) is 25.1 Å². The van der Waals surface area contributed by atoms with Crippen LogP contribution in [-0.4, -0.2) is 16.1 Å². The summed E-state index contributed by atoms with van der Waals surface area (Å²) in [5.74, 6) is -0.629. The molecule has 0 aliphatic heterocycles. The molecule has 0 bridgehead atoms. The lowest BCUT2D eigenvalue weighted by molar-refractivity contribution is 0.0697. The molecule has 0 spiro atoms. The number of aromatic nitrogens is 1. The molecule has 1 heterocycles. The van der Waals surface area contributed by atoms with Gasteiger partial charge < -0.3 is 10.4 Å². The Morgan fingerprint density at radius 1 is 1.40 bits per heavy atom. The van der Waals surface area contributed by atoms with Gasteiger partial charge in [0.1, 0.15) is 11.0 Å². The first-order valence-corrected chi connectivity index (χ1v) is 7.13. The van der Waals surface area contributed by atoms with Crippen LogP contribution in [0.1, 0.15) is 22.8 Å². The van der Waals surface area contributed by atoms with Crippen molar-refractivity contribution in [1.29, 1.82) is 0 Å². The van der Waals surface area contributed by atoms with E-state index in [-0.39, 0.29) is 10.7 Å². The number of carboxylic acids is 1. The SMILES string of the molecule is CCc1cc(Br)ccc1Nc1cc(C(=O)O)cc(Cl)n1. The number of hydrogen-bond acceptors (Lipinski definition) is 3. The Morgan fingerprint density at radius 3 is 2.80 bits per heavy atom. The Balaban J connectivity index is 2.37. The Labute approximate surface area is 129 Å². The molecule has 1 aromatic carbocycles. The van der Waals surface area contributed by atoms with Crippen LogP contribution in [0.2, 0.25) is 5.15 Å². The number of halogens is 2. The molecule has 104 valence electrons. The summed E-state index contributed by atoms with van der Waals surface area (Å²) in [7, 11) is 0. The van der Waals surface area contributed by atoms with Crippen molar-refractivity contribution in [2.75, 3.05) is 5.32 Å². The fourth-order valence-electron chi connectivity index (χ4n) is 1.80. The summed E-state index contributed by atoms with van der Waals surface area (Å²) < 4.78 is 0.991. The number of aryl methyl sites for hydroxylation is 1. The van der Waals surface area contributed by atoms with E-state index in [0.29, 0.717) is 5.82 Å². The van der Waals surface area contributed by atoms with Crippen LogP contribution in [0.3, 0.4) is 0 Å². The predicted molar refractivity (Wildman–Crippen MR) is 83.0 cm³/mol. The van der Waals surface area contributed by atoms with Crippen LogP contribution in [0, 0.1) is 0 Å². The van der Waals surface area contributed by atoms with E-state index in [1.165, 1.54) is 12.1 Å². The summed E-state index contributed by atoms with van der Waals surface area (Å²) in [6.45, 7) is 2.04. The number of anilines is 2. The smallest absolute Gasteiger partial charge is 0.335 e. The highest BCUT2D eigenvalue weighted by atomic mass is 79.9. The number of aromatic carboxylic acids is 1. The van der Waals surface area contributed by atoms with Crippen LogP contribution in [0.5, 0.6) is 0 Å². The molecule has 0 saturated carbocycles. The quantitative estimate of drug-likeness (QED) is 0.793. The summed E-state index contributed by atoms with van der Waals surface area (Å²) >= 11 is 9.26. The van der Waals surface area contributed by atoms with E-state index in [4.69, 9.17) is 16.7 Å². The number of pyridine rings is 1. The molecule has 0 aliphatic carbocycles. The van der Waals surface area contributed by atoms with Crippen molar-refractivity contribution < 1.29 is 9.90 Å². The van der Waals surface area contributed by atoms with Gasteiger partial charge >= 0.3 is 5.97 Å². The molecule has 0 fully saturated rings. The molecule has 0 amide bonds. The van der Waals surface area contributed by atoms with Gasteiger partial charge in [0.15, 0.2) is 0 Å². The zero-order valence-electron chi connectivity index (χ0n) is 10.7. The molecular weight excluding hydrogens is 344 g/mol. The van der Waals surface area contributed by atoms with E-state index in [0.717, 1.165) is 22.1 Å². The minimum atomic E-state index is -1.04. The van der Waals surface area contributed by atoms with Gasteiger partial charge in [0.25, 0.3) is 0 Å². The highest BCUT2D eigenvalue weighted by Gasteiger charge is 2.09. The lowest BCUT2D eigenvalue weighted by atomic mass is 10.1. The van der Waals surface area contributed by atoms with Gasteiger partial charge in [-0.25, -0.2) is 9.78 Å². The zero-order valence-corrected chi connectivity index (χ0v) is 13.0. The van der Waals surface area contributed by atoms with Crippen LogP contribution in [0.4, 0.5) is 11.5 Å². The van der Waals surface area contributed by atoms with Crippen molar-refractivity contribution in [1.82, 2.24) is 4.98 Å². The van der Waals surface area contributed by atoms with Gasteiger partial charge in [-0.3, -0.25) is 0 Å². The average Bonchev–Trinajstić information content (AvgIpc) is 2.40. The molecular formula is C14H12BrClN2O2. The molecule has 2 aromatic rings. The fourth-order valence-corrected chi connectivity index (χ4v) is 2.42. The van der Waals surface area contributed by atoms with Crippen LogP contribution in [-0.2, 0) is 6.42 Å². The van der Waals surface area contributed by atoms with Gasteiger partial charge in [0.2, 0.25) is 0 Å². The third kappa shape index (κ3) is 3.49. The summed E-state index contributed by atoms with van der Waals surface area (Å²) in [5.41, 5.74) is 2.07. The number of carbonyl (C=O) groups is 1. The van der Waals surface area contributed by atoms with Gasteiger partial charge in [-0.15, -0.1) is 0 Å². The first-order chi connectivity index (χ1) is 9.49. The summed E-state index contributed by atoms with van der Waals surface area (Å²) in [6, 6.07) is 8.59. The van der Waals surface area contributed by atoms with Crippen molar-refractivity contribution in [3.63, 3.8) is 0 Å². The third-order valence-electron chi connectivity index (χ3n) is 2.75. The van der Waals surface area contributed by atoms with Crippen LogP contribution >= 0.6 is 27.5 Å². The van der Waals surface area contributed by atoms with Gasteiger partial charge in [-0.2, -0.15) is 0 Å². The second-order valence-corrected chi connectivity index (χ2v) is 5.45. The van der Waals surface area contributed by atoms with Crippen molar-refractivity contribution in [3.8, 4) is 0 Å². The summed E-state index contributed by atoms with van der Waals surface area (Å²) in [4.78, 5) is 15.1. The Morgan fingerprint density at radius 2 is 2.15 bits per heavy atom. The molecule has 0 saturated heterocycles. The molecule has 0 unspecified atom stereocenters. The van der Waals surface area contributed by atoms with Gasteiger partial charge in [0, 0.05) is 10.2 Å². The minimum Gasteiger partial charge on any atom is -0.478 e. The first-order valence-electron chi connectivity index (χ1n) is 5.96. The molecule has 20 heavy (non-hydrogen) atoms. The van der Waals surface area contributed by atoms with Gasteiger partial charge in [-0.05, 0) is 42.3 Å². The number of benzene rings is 1. The van der Waals surface area contributed by atoms with E-state index in [9.17, 15) is 4.79 Å². The third-order valence-corrected chi connectivity index (χ3v) is 3.44. The van der Waals surface area contributed by atoms with Gasteiger partial charge in [0.05, 0.1) is 5.56 Å². The number of nitrogens with zero attached hydrogens (tertiary/aromatic N) is 1. The molecule has 2 rings (SSSR count). The fraction of sp³-hybridized carbons (Fsp3) is 0.143. The summed E-state index contributed by atoms with van der Waals surface area (Å²) in [6.07, 6.45) is 0.841. The molecule has 0 radical (unpaired) electrons. The standard InChI is InChI=1S/C14H12BrClN2O2/c1-2-8-5-10(15)3-4-11(8)17-13-7-9(14(19)20)6-12(16)18-13/h3-7H,2H2,1H3,(H,17,18)(H,19,20). The van der Waals surface area contributed by atoms with E-state index in [1.54, 1.807) is 0 Å². The number of nitrogens with one attached hydrogen (secondary N) is 1. The minimum absolute atomic E-state index is 0.0997. The zero-order chi connectivity index (χ0) is 14.7. The normalized spacial score (nSPS) is 10.3. The highest BCUT2D eigenvalue weighted by molar-refractivity contribution is 9.10. The molecule has 0 atom stereocenters. The second kappa shape index (κ2) is 6.24. The second-order valence-electron chi connectivity index (χ2n) is 4.15. The number of carboxylic acid groups (broad SMARTS) is 1. The highest BCUT2D eigenvalue weighted by Crippen LogP contribution is 2.25. The van der Waals surface area contributed by atoms with Crippen molar-refractivity contribution in [2.45, 2.75) is 13.3 Å². The Bertz CT molecular complexity index is 662. The molecule has 2 N–H and O–H groups in total. The van der Waals surface area contributed by atoms with Crippen LogP contribution < -0.4 is 5.32 Å². The first kappa shape index (κ1) is 14.8. The lowest BCUT2D eigenvalue weighted by Gasteiger charge is -2.11. The number of hydrogen-bond donors (Lipinski definition) is 2. The van der Waals surface area contributed by atoms with E-state index in [2.05, 4.69) is 26.2 Å². The van der Waals surface area contributed by atoms with E-state index < -0.39 is 5.97 Å². The number of rotatable bonds is 4. The van der Waals surface area contributed by atoms with Gasteiger partial charge in [-0.1, -0.05) is 34.5 Å². The maximum absolute atomic E-state index is 11.0. The average molecular weight is 356 g/mol. The predicted octanol–water partition coefficient (Wildman–Crippen LogP) is 4.50. The van der Waals surface area contributed by atoms with Crippen LogP contribution in [0.25, 0.3) is 0 Å². The molecule has 1 aromatic heterocycles. The molecule has 6 heteroatoms. The monoisotopic (exact) mass is 354 g/mol. The largest absolute Gasteiger partial charge is 0.478 e. The Hall–Kier alpha value is -1.59. The van der Waals surface area contributed by atoms with Crippen molar-refractivity contribution in [3.05, 3.63) is 51.1 Å².